The summed E-state index contributed by atoms with van der Waals surface area (Å²) in [7, 11) is 0. The van der Waals surface area contributed by atoms with Gasteiger partial charge in [0.15, 0.2) is 0 Å². The van der Waals surface area contributed by atoms with E-state index in [1.54, 1.807) is 4.68 Å². The Bertz CT molecular complexity index is 462. The van der Waals surface area contributed by atoms with Crippen LogP contribution in [0.3, 0.4) is 0 Å². The summed E-state index contributed by atoms with van der Waals surface area (Å²) in [4.78, 5) is 0. The highest BCUT2D eigenvalue weighted by Gasteiger charge is 2.08. The van der Waals surface area contributed by atoms with Crippen LogP contribution in [-0.4, -0.2) is 9.78 Å². The van der Waals surface area contributed by atoms with Crippen molar-refractivity contribution in [1.82, 2.24) is 9.78 Å². The first-order chi connectivity index (χ1) is 7.18. The van der Waals surface area contributed by atoms with E-state index in [4.69, 9.17) is 5.73 Å². The molecule has 2 rings (SSSR count). The van der Waals surface area contributed by atoms with Crippen LogP contribution in [0.2, 0.25) is 0 Å². The molecule has 2 N–H and O–H groups in total. The van der Waals surface area contributed by atoms with Crippen LogP contribution in [-0.2, 0) is 6.54 Å². The fourth-order valence-corrected chi connectivity index (χ4v) is 1.81. The van der Waals surface area contributed by atoms with Crippen LogP contribution in [0.15, 0.2) is 34.9 Å². The molecule has 0 atom stereocenters. The van der Waals surface area contributed by atoms with Crippen molar-refractivity contribution in [1.29, 1.82) is 0 Å². The zero-order valence-electron chi connectivity index (χ0n) is 8.44. The van der Waals surface area contributed by atoms with Crippen LogP contribution in [0.25, 0.3) is 0 Å². The van der Waals surface area contributed by atoms with Gasteiger partial charge in [-0.25, -0.2) is 4.68 Å². The predicted octanol–water partition coefficient (Wildman–Crippen LogP) is 2.58. The number of hydrogen-bond acceptors (Lipinski definition) is 2. The van der Waals surface area contributed by atoms with Gasteiger partial charge in [0.1, 0.15) is 10.4 Å². The smallest absolute Gasteiger partial charge is 0.133 e. The summed E-state index contributed by atoms with van der Waals surface area (Å²) in [6, 6.07) is 10.1. The summed E-state index contributed by atoms with van der Waals surface area (Å²) in [5.41, 5.74) is 8.11. The molecule has 78 valence electrons. The maximum absolute atomic E-state index is 5.92. The monoisotopic (exact) mass is 265 g/mol. The van der Waals surface area contributed by atoms with Crippen molar-refractivity contribution >= 4 is 21.7 Å². The van der Waals surface area contributed by atoms with E-state index in [1.165, 1.54) is 5.56 Å². The fourth-order valence-electron chi connectivity index (χ4n) is 1.41. The van der Waals surface area contributed by atoms with Gasteiger partial charge in [-0.05, 0) is 28.4 Å². The number of nitrogen functional groups attached to an aromatic ring is 1. The zero-order chi connectivity index (χ0) is 10.8. The standard InChI is InChI=1S/C11H12BrN3/c1-8-10(12)14-15(11(8)13)7-9-5-3-2-4-6-9/h2-6H,7,13H2,1H3. The van der Waals surface area contributed by atoms with Gasteiger partial charge in [-0.15, -0.1) is 0 Å². The Labute approximate surface area is 97.0 Å². The lowest BCUT2D eigenvalue weighted by Crippen LogP contribution is -2.06. The van der Waals surface area contributed by atoms with Crippen LogP contribution in [0.5, 0.6) is 0 Å². The molecule has 3 nitrogen and oxygen atoms in total. The van der Waals surface area contributed by atoms with Crippen molar-refractivity contribution in [3.63, 3.8) is 0 Å². The average molecular weight is 266 g/mol. The molecule has 0 aliphatic carbocycles. The van der Waals surface area contributed by atoms with Crippen molar-refractivity contribution in [3.8, 4) is 0 Å². The molecule has 0 saturated carbocycles. The van der Waals surface area contributed by atoms with E-state index in [0.717, 1.165) is 10.2 Å². The van der Waals surface area contributed by atoms with E-state index >= 15 is 0 Å². The van der Waals surface area contributed by atoms with Crippen molar-refractivity contribution in [2.75, 3.05) is 5.73 Å². The van der Waals surface area contributed by atoms with Crippen molar-refractivity contribution in [2.24, 2.45) is 0 Å². The number of halogens is 1. The van der Waals surface area contributed by atoms with Gasteiger partial charge in [-0.2, -0.15) is 5.10 Å². The van der Waals surface area contributed by atoms with Gasteiger partial charge in [-0.3, -0.25) is 0 Å². The van der Waals surface area contributed by atoms with E-state index in [0.29, 0.717) is 12.4 Å². The van der Waals surface area contributed by atoms with Crippen LogP contribution in [0, 0.1) is 6.92 Å². The quantitative estimate of drug-likeness (QED) is 0.907. The maximum atomic E-state index is 5.92. The molecule has 0 aliphatic rings. The number of aromatic nitrogens is 2. The number of anilines is 1. The first-order valence-corrected chi connectivity index (χ1v) is 5.50. The van der Waals surface area contributed by atoms with Gasteiger partial charge in [0.25, 0.3) is 0 Å². The fraction of sp³-hybridized carbons (Fsp3) is 0.182. The van der Waals surface area contributed by atoms with Crippen molar-refractivity contribution in [2.45, 2.75) is 13.5 Å². The molecule has 4 heteroatoms. The average Bonchev–Trinajstić information content (AvgIpc) is 2.48. The Morgan fingerprint density at radius 2 is 2.00 bits per heavy atom. The number of benzene rings is 1. The first kappa shape index (κ1) is 10.2. The molecule has 0 fully saturated rings. The second-order valence-electron chi connectivity index (χ2n) is 3.44. The Kier molecular flexibility index (Phi) is 2.77. The largest absolute Gasteiger partial charge is 0.384 e. The van der Waals surface area contributed by atoms with Crippen molar-refractivity contribution in [3.05, 3.63) is 46.1 Å². The molecule has 0 radical (unpaired) electrons. The lowest BCUT2D eigenvalue weighted by atomic mass is 10.2. The molecule has 0 bridgehead atoms. The lowest BCUT2D eigenvalue weighted by Gasteiger charge is -2.03. The summed E-state index contributed by atoms with van der Waals surface area (Å²) in [6.07, 6.45) is 0. The zero-order valence-corrected chi connectivity index (χ0v) is 10.0. The van der Waals surface area contributed by atoms with Crippen LogP contribution >= 0.6 is 15.9 Å². The van der Waals surface area contributed by atoms with Gasteiger partial charge in [0.2, 0.25) is 0 Å². The molecule has 2 aromatic rings. The first-order valence-electron chi connectivity index (χ1n) is 4.71. The lowest BCUT2D eigenvalue weighted by molar-refractivity contribution is 0.692. The second-order valence-corrected chi connectivity index (χ2v) is 4.20. The van der Waals surface area contributed by atoms with Gasteiger partial charge >= 0.3 is 0 Å². The molecule has 0 saturated heterocycles. The SMILES string of the molecule is Cc1c(Br)nn(Cc2ccccc2)c1N. The summed E-state index contributed by atoms with van der Waals surface area (Å²) in [5, 5.41) is 4.31. The number of rotatable bonds is 2. The van der Waals surface area contributed by atoms with Gasteiger partial charge < -0.3 is 5.73 Å². The molecular weight excluding hydrogens is 254 g/mol. The van der Waals surface area contributed by atoms with E-state index in [2.05, 4.69) is 33.2 Å². The van der Waals surface area contributed by atoms with E-state index in [9.17, 15) is 0 Å². The Morgan fingerprint density at radius 3 is 2.53 bits per heavy atom. The van der Waals surface area contributed by atoms with Crippen LogP contribution in [0.4, 0.5) is 5.82 Å². The highest BCUT2D eigenvalue weighted by molar-refractivity contribution is 9.10. The van der Waals surface area contributed by atoms with E-state index in [-0.39, 0.29) is 0 Å². The molecule has 0 spiro atoms. The molecule has 1 aromatic carbocycles. The maximum Gasteiger partial charge on any atom is 0.133 e. The number of nitrogens with two attached hydrogens (primary N) is 1. The van der Waals surface area contributed by atoms with Gasteiger partial charge in [-0.1, -0.05) is 30.3 Å². The highest BCUT2D eigenvalue weighted by Crippen LogP contribution is 2.21. The summed E-state index contributed by atoms with van der Waals surface area (Å²) in [5.74, 6) is 0.714. The molecular formula is C11H12BrN3. The predicted molar refractivity (Wildman–Crippen MR) is 64.6 cm³/mol. The van der Waals surface area contributed by atoms with Crippen LogP contribution in [0.1, 0.15) is 11.1 Å². The summed E-state index contributed by atoms with van der Waals surface area (Å²) in [6.45, 7) is 2.66. The second kappa shape index (κ2) is 4.06. The van der Waals surface area contributed by atoms with E-state index < -0.39 is 0 Å². The van der Waals surface area contributed by atoms with Crippen molar-refractivity contribution < 1.29 is 0 Å². The van der Waals surface area contributed by atoms with Crippen LogP contribution < -0.4 is 5.73 Å². The van der Waals surface area contributed by atoms with Gasteiger partial charge in [0, 0.05) is 5.56 Å². The summed E-state index contributed by atoms with van der Waals surface area (Å²) >= 11 is 3.37. The highest BCUT2D eigenvalue weighted by atomic mass is 79.9. The third kappa shape index (κ3) is 2.04. The molecule has 1 heterocycles. The van der Waals surface area contributed by atoms with E-state index in [1.807, 2.05) is 25.1 Å². The third-order valence-corrected chi connectivity index (χ3v) is 3.11. The summed E-state index contributed by atoms with van der Waals surface area (Å²) < 4.78 is 2.62. The minimum atomic E-state index is 0.707. The number of hydrogen-bond donors (Lipinski definition) is 1. The molecule has 0 amide bonds. The molecule has 15 heavy (non-hydrogen) atoms. The Balaban J connectivity index is 2.29. The minimum Gasteiger partial charge on any atom is -0.384 e. The normalized spacial score (nSPS) is 10.5. The third-order valence-electron chi connectivity index (χ3n) is 2.36. The molecule has 1 aromatic heterocycles. The molecule has 0 aliphatic heterocycles. The molecule has 0 unspecified atom stereocenters. The minimum absolute atomic E-state index is 0.707. The number of nitrogens with zero attached hydrogens (tertiary/aromatic N) is 2. The van der Waals surface area contributed by atoms with Gasteiger partial charge in [0.05, 0.1) is 6.54 Å². The Morgan fingerprint density at radius 1 is 1.33 bits per heavy atom. The Hall–Kier alpha value is -1.29. The topological polar surface area (TPSA) is 43.8 Å².